The Morgan fingerprint density at radius 2 is 2.14 bits per heavy atom. The van der Waals surface area contributed by atoms with Crippen LogP contribution in [0.4, 0.5) is 0 Å². The van der Waals surface area contributed by atoms with Crippen LogP contribution >= 0.6 is 0 Å². The molecule has 0 saturated heterocycles. The minimum absolute atomic E-state index is 0.285. The van der Waals surface area contributed by atoms with E-state index in [9.17, 15) is 0 Å². The second kappa shape index (κ2) is 4.30. The van der Waals surface area contributed by atoms with Gasteiger partial charge in [0.2, 0.25) is 0 Å². The van der Waals surface area contributed by atoms with Gasteiger partial charge in [0.25, 0.3) is 5.84 Å². The van der Waals surface area contributed by atoms with E-state index in [1.807, 2.05) is 19.9 Å². The van der Waals surface area contributed by atoms with Crippen molar-refractivity contribution in [2.45, 2.75) is 19.4 Å². The van der Waals surface area contributed by atoms with E-state index in [1.54, 1.807) is 0 Å². The third-order valence-corrected chi connectivity index (χ3v) is 1.49. The van der Waals surface area contributed by atoms with Gasteiger partial charge in [0.15, 0.2) is 5.54 Å². The Kier molecular flexibility index (Phi) is 3.69. The molecule has 0 amide bonds. The average molecular weight is 201 g/mol. The summed E-state index contributed by atoms with van der Waals surface area (Å²) in [6, 6.07) is 0. The van der Waals surface area contributed by atoms with Crippen LogP contribution in [-0.2, 0) is 0 Å². The van der Waals surface area contributed by atoms with Crippen molar-refractivity contribution in [3.8, 4) is 0 Å². The molecule has 0 aromatic carbocycles. The predicted octanol–water partition coefficient (Wildman–Crippen LogP) is -1.01. The molecule has 14 heavy (non-hydrogen) atoms. The van der Waals surface area contributed by atoms with Gasteiger partial charge >= 0.3 is 0 Å². The van der Waals surface area contributed by atoms with Gasteiger partial charge in [0.1, 0.15) is 0 Å². The van der Waals surface area contributed by atoms with E-state index in [2.05, 4.69) is 10.2 Å². The lowest BCUT2D eigenvalue weighted by atomic mass is 10.0. The van der Waals surface area contributed by atoms with Gasteiger partial charge in [-0.15, -0.1) is 0 Å². The van der Waals surface area contributed by atoms with Crippen molar-refractivity contribution in [1.29, 1.82) is 0 Å². The van der Waals surface area contributed by atoms with Crippen LogP contribution in [0.1, 0.15) is 13.8 Å². The van der Waals surface area contributed by atoms with Crippen molar-refractivity contribution in [3.63, 3.8) is 0 Å². The summed E-state index contributed by atoms with van der Waals surface area (Å²) in [5, 5.41) is 27.8. The Balaban J connectivity index is 0.000000364. The van der Waals surface area contributed by atoms with Crippen molar-refractivity contribution < 1.29 is 10.5 Å². The van der Waals surface area contributed by atoms with E-state index >= 15 is 0 Å². The Bertz CT molecular complexity index is 307. The number of nitrogens with zero attached hydrogens (tertiary/aromatic N) is 3. The van der Waals surface area contributed by atoms with Gasteiger partial charge in [0.05, 0.1) is 10.8 Å². The minimum Gasteiger partial charge on any atom is -0.356 e. The molecular weight excluding hydrogens is 190 g/mol. The molecule has 0 aromatic rings. The molecule has 0 spiro atoms. The molecule has 8 heteroatoms. The topological polar surface area (TPSA) is 143 Å². The first-order chi connectivity index (χ1) is 6.28. The quantitative estimate of drug-likeness (QED) is 0.242. The van der Waals surface area contributed by atoms with Gasteiger partial charge in [-0.05, 0) is 19.9 Å². The maximum absolute atomic E-state index is 8.25. The van der Waals surface area contributed by atoms with Gasteiger partial charge in [-0.3, -0.25) is 11.1 Å². The fraction of sp³-hybridized carbons (Fsp3) is 0.500. The third-order valence-electron chi connectivity index (χ3n) is 1.49. The molecule has 8 nitrogen and oxygen atoms in total. The first kappa shape index (κ1) is 12.0. The van der Waals surface area contributed by atoms with Gasteiger partial charge < -0.3 is 15.3 Å². The molecule has 0 fully saturated rings. The average Bonchev–Trinajstić information content (AvgIpc) is 2.31. The molecule has 0 bridgehead atoms. The zero-order valence-corrected chi connectivity index (χ0v) is 7.80. The fourth-order valence-electron chi connectivity index (χ4n) is 0.788. The number of hydrogen-bond donors (Lipinski definition) is 2. The monoisotopic (exact) mass is 201 g/mol. The third kappa shape index (κ3) is 3.61. The molecule has 1 unspecified atom stereocenters. The molecule has 4 N–H and O–H groups in total. The Morgan fingerprint density at radius 1 is 1.71 bits per heavy atom. The Hall–Kier alpha value is -1.99. The molecule has 0 aromatic heterocycles. The maximum atomic E-state index is 8.25. The SMILES string of the molecule is CC1=CC(C)(C(N)=[NH2+])N=N1.O=[N+]([O-])[O-]. The molecule has 1 aliphatic heterocycles. The number of rotatable bonds is 1. The summed E-state index contributed by atoms with van der Waals surface area (Å²) in [6.07, 6.45) is 1.84. The lowest BCUT2D eigenvalue weighted by Crippen LogP contribution is -2.56. The van der Waals surface area contributed by atoms with Crippen LogP contribution < -0.4 is 11.1 Å². The van der Waals surface area contributed by atoms with Crippen LogP contribution in [-0.4, -0.2) is 16.5 Å². The van der Waals surface area contributed by atoms with E-state index in [4.69, 9.17) is 26.5 Å². The van der Waals surface area contributed by atoms with E-state index in [-0.39, 0.29) is 5.84 Å². The van der Waals surface area contributed by atoms with E-state index < -0.39 is 10.6 Å². The summed E-state index contributed by atoms with van der Waals surface area (Å²) in [7, 11) is 0. The van der Waals surface area contributed by atoms with Gasteiger partial charge in [-0.1, -0.05) is 0 Å². The summed E-state index contributed by atoms with van der Waals surface area (Å²) in [4.78, 5) is 8.25. The molecule has 0 radical (unpaired) electrons. The molecule has 1 heterocycles. The van der Waals surface area contributed by atoms with Crippen LogP contribution in [0, 0.1) is 15.3 Å². The van der Waals surface area contributed by atoms with Crippen molar-refractivity contribution in [2.24, 2.45) is 16.0 Å². The highest BCUT2D eigenvalue weighted by atomic mass is 16.9. The highest BCUT2D eigenvalue weighted by Crippen LogP contribution is 2.21. The largest absolute Gasteiger partial charge is 0.356 e. The van der Waals surface area contributed by atoms with Crippen molar-refractivity contribution in [1.82, 2.24) is 0 Å². The van der Waals surface area contributed by atoms with E-state index in [1.165, 1.54) is 0 Å². The summed E-state index contributed by atoms with van der Waals surface area (Å²) < 4.78 is 0. The van der Waals surface area contributed by atoms with E-state index in [0.717, 1.165) is 5.70 Å². The first-order valence-corrected chi connectivity index (χ1v) is 3.60. The number of allylic oxidation sites excluding steroid dienone is 1. The highest BCUT2D eigenvalue weighted by molar-refractivity contribution is 5.87. The zero-order valence-electron chi connectivity index (χ0n) is 7.80. The molecule has 1 atom stereocenters. The Labute approximate surface area is 79.7 Å². The van der Waals surface area contributed by atoms with Crippen LogP contribution in [0.25, 0.3) is 0 Å². The van der Waals surface area contributed by atoms with Crippen molar-refractivity contribution in [2.75, 3.05) is 0 Å². The summed E-state index contributed by atoms with van der Waals surface area (Å²) >= 11 is 0. The number of amidine groups is 1. The summed E-state index contributed by atoms with van der Waals surface area (Å²) in [6.45, 7) is 3.68. The highest BCUT2D eigenvalue weighted by Gasteiger charge is 2.33. The molecular formula is C6H11N5O3. The second-order valence-electron chi connectivity index (χ2n) is 2.81. The molecule has 0 saturated carbocycles. The predicted molar refractivity (Wildman–Crippen MR) is 48.5 cm³/mol. The standard InChI is InChI=1S/C6H10N4.NO3/c1-4-3-6(2,5(7)8)10-9-4;2-1(3)4/h3H,1-2H3,(H3,7,8);/q;-1/p+1. The summed E-state index contributed by atoms with van der Waals surface area (Å²) in [5.41, 5.74) is 5.68. The van der Waals surface area contributed by atoms with Gasteiger partial charge in [-0.2, -0.15) is 10.2 Å². The lowest BCUT2D eigenvalue weighted by Gasteiger charge is -2.07. The minimum atomic E-state index is -1.75. The maximum Gasteiger partial charge on any atom is 0.272 e. The van der Waals surface area contributed by atoms with Crippen molar-refractivity contribution >= 4 is 5.84 Å². The fourth-order valence-corrected chi connectivity index (χ4v) is 0.788. The lowest BCUT2D eigenvalue weighted by molar-refractivity contribution is -0.402. The Morgan fingerprint density at radius 3 is 2.29 bits per heavy atom. The number of azo groups is 1. The van der Waals surface area contributed by atoms with Crippen LogP contribution in [0.15, 0.2) is 22.0 Å². The molecule has 1 rings (SSSR count). The number of hydrogen-bond acceptors (Lipinski definition) is 5. The second-order valence-corrected chi connectivity index (χ2v) is 2.81. The normalized spacial score (nSPS) is 23.4. The number of nitrogens with two attached hydrogens (primary N) is 2. The van der Waals surface area contributed by atoms with Crippen LogP contribution in [0.5, 0.6) is 0 Å². The summed E-state index contributed by atoms with van der Waals surface area (Å²) in [5.74, 6) is 0.285. The van der Waals surface area contributed by atoms with Gasteiger partial charge in [-0.25, -0.2) is 0 Å². The van der Waals surface area contributed by atoms with Crippen LogP contribution in [0.2, 0.25) is 0 Å². The molecule has 1 aliphatic rings. The smallest absolute Gasteiger partial charge is 0.272 e. The molecule has 78 valence electrons. The van der Waals surface area contributed by atoms with E-state index in [0.29, 0.717) is 0 Å². The first-order valence-electron chi connectivity index (χ1n) is 3.60. The zero-order chi connectivity index (χ0) is 11.4. The van der Waals surface area contributed by atoms with Crippen molar-refractivity contribution in [3.05, 3.63) is 27.1 Å². The van der Waals surface area contributed by atoms with Crippen LogP contribution in [0.3, 0.4) is 0 Å². The van der Waals surface area contributed by atoms with Gasteiger partial charge in [0, 0.05) is 0 Å². The molecule has 0 aliphatic carbocycles.